The predicted octanol–water partition coefficient (Wildman–Crippen LogP) is 1.54. The zero-order chi connectivity index (χ0) is 13.5. The largest absolute Gasteiger partial charge is 0.492 e. The molecule has 106 valence electrons. The van der Waals surface area contributed by atoms with Gasteiger partial charge in [-0.15, -0.1) is 0 Å². The number of hydrogen-bond acceptors (Lipinski definition) is 4. The summed E-state index contributed by atoms with van der Waals surface area (Å²) in [5.74, 6) is 0.793. The van der Waals surface area contributed by atoms with Crippen molar-refractivity contribution in [3.05, 3.63) is 29.8 Å². The smallest absolute Gasteiger partial charge is 0.124 e. The second-order valence-electron chi connectivity index (χ2n) is 5.08. The third-order valence-corrected chi connectivity index (χ3v) is 3.63. The quantitative estimate of drug-likeness (QED) is 0.818. The molecule has 0 unspecified atom stereocenters. The van der Waals surface area contributed by atoms with Gasteiger partial charge in [0.25, 0.3) is 0 Å². The lowest BCUT2D eigenvalue weighted by atomic mass is 10.1. The van der Waals surface area contributed by atoms with Gasteiger partial charge in [0.15, 0.2) is 0 Å². The second kappa shape index (κ2) is 7.48. The van der Waals surface area contributed by atoms with Gasteiger partial charge in [0.05, 0.1) is 12.6 Å². The van der Waals surface area contributed by atoms with Gasteiger partial charge in [0.1, 0.15) is 12.4 Å². The van der Waals surface area contributed by atoms with Crippen LogP contribution >= 0.6 is 0 Å². The predicted molar refractivity (Wildman–Crippen MR) is 76.2 cm³/mol. The zero-order valence-electron chi connectivity index (χ0n) is 11.4. The van der Waals surface area contributed by atoms with Gasteiger partial charge in [-0.1, -0.05) is 24.6 Å². The SMILES string of the molecule is N[C@H](CO)c1ccccc1OCCN1CCCCC1. The topological polar surface area (TPSA) is 58.7 Å². The Kier molecular flexibility index (Phi) is 5.63. The van der Waals surface area contributed by atoms with Crippen LogP contribution in [0.25, 0.3) is 0 Å². The summed E-state index contributed by atoms with van der Waals surface area (Å²) in [6.45, 7) is 3.94. The van der Waals surface area contributed by atoms with Crippen LogP contribution in [0, 0.1) is 0 Å². The molecule has 0 aliphatic carbocycles. The first-order valence-corrected chi connectivity index (χ1v) is 7.12. The highest BCUT2D eigenvalue weighted by Crippen LogP contribution is 2.23. The van der Waals surface area contributed by atoms with Crippen molar-refractivity contribution in [2.75, 3.05) is 32.8 Å². The minimum atomic E-state index is -0.369. The average Bonchev–Trinajstić information content (AvgIpc) is 2.48. The fourth-order valence-corrected chi connectivity index (χ4v) is 2.48. The van der Waals surface area contributed by atoms with E-state index >= 15 is 0 Å². The number of piperidine rings is 1. The number of rotatable bonds is 6. The molecule has 1 aliphatic heterocycles. The highest BCUT2D eigenvalue weighted by Gasteiger charge is 2.12. The number of nitrogens with two attached hydrogens (primary N) is 1. The Bertz CT molecular complexity index is 378. The summed E-state index contributed by atoms with van der Waals surface area (Å²) in [4.78, 5) is 2.44. The van der Waals surface area contributed by atoms with Crippen molar-refractivity contribution < 1.29 is 9.84 Å². The molecule has 0 saturated carbocycles. The van der Waals surface area contributed by atoms with E-state index in [1.807, 2.05) is 24.3 Å². The van der Waals surface area contributed by atoms with Crippen LogP contribution in [-0.4, -0.2) is 42.9 Å². The van der Waals surface area contributed by atoms with Crippen LogP contribution in [0.15, 0.2) is 24.3 Å². The van der Waals surface area contributed by atoms with E-state index in [1.165, 1.54) is 32.4 Å². The molecule has 1 aromatic rings. The molecule has 1 aromatic carbocycles. The van der Waals surface area contributed by atoms with E-state index in [0.29, 0.717) is 6.61 Å². The number of para-hydroxylation sites is 1. The molecule has 4 heteroatoms. The Morgan fingerprint density at radius 2 is 1.95 bits per heavy atom. The molecule has 19 heavy (non-hydrogen) atoms. The van der Waals surface area contributed by atoms with E-state index in [9.17, 15) is 0 Å². The van der Waals surface area contributed by atoms with Crippen LogP contribution in [0.2, 0.25) is 0 Å². The maximum absolute atomic E-state index is 9.15. The Morgan fingerprint density at radius 1 is 1.21 bits per heavy atom. The van der Waals surface area contributed by atoms with E-state index in [4.69, 9.17) is 15.6 Å². The van der Waals surface area contributed by atoms with Gasteiger partial charge < -0.3 is 15.6 Å². The van der Waals surface area contributed by atoms with Crippen LogP contribution in [0.3, 0.4) is 0 Å². The van der Waals surface area contributed by atoms with Crippen LogP contribution in [0.5, 0.6) is 5.75 Å². The van der Waals surface area contributed by atoms with Crippen molar-refractivity contribution in [1.82, 2.24) is 4.90 Å². The number of nitrogens with zero attached hydrogens (tertiary/aromatic N) is 1. The molecule has 1 aliphatic rings. The maximum atomic E-state index is 9.15. The molecule has 3 N–H and O–H groups in total. The van der Waals surface area contributed by atoms with Gasteiger partial charge in [-0.2, -0.15) is 0 Å². The highest BCUT2D eigenvalue weighted by atomic mass is 16.5. The van der Waals surface area contributed by atoms with E-state index in [1.54, 1.807) is 0 Å². The molecular weight excluding hydrogens is 240 g/mol. The van der Waals surface area contributed by atoms with Crippen LogP contribution in [-0.2, 0) is 0 Å². The molecule has 0 aromatic heterocycles. The first kappa shape index (κ1) is 14.3. The van der Waals surface area contributed by atoms with Crippen LogP contribution < -0.4 is 10.5 Å². The third-order valence-electron chi connectivity index (χ3n) is 3.63. The summed E-state index contributed by atoms with van der Waals surface area (Å²) >= 11 is 0. The van der Waals surface area contributed by atoms with Gasteiger partial charge in [-0.05, 0) is 32.0 Å². The molecule has 1 heterocycles. The lowest BCUT2D eigenvalue weighted by Crippen LogP contribution is -2.33. The number of aliphatic hydroxyl groups excluding tert-OH is 1. The summed E-state index contributed by atoms with van der Waals surface area (Å²) in [7, 11) is 0. The molecule has 1 atom stereocenters. The summed E-state index contributed by atoms with van der Waals surface area (Å²) in [6.07, 6.45) is 3.95. The van der Waals surface area contributed by atoms with E-state index in [0.717, 1.165) is 17.9 Å². The van der Waals surface area contributed by atoms with E-state index < -0.39 is 0 Å². The number of likely N-dealkylation sites (tertiary alicyclic amines) is 1. The van der Waals surface area contributed by atoms with Gasteiger partial charge in [-0.25, -0.2) is 0 Å². The van der Waals surface area contributed by atoms with Crippen LogP contribution in [0.1, 0.15) is 30.9 Å². The van der Waals surface area contributed by atoms with Crippen molar-refractivity contribution in [3.63, 3.8) is 0 Å². The minimum Gasteiger partial charge on any atom is -0.492 e. The fraction of sp³-hybridized carbons (Fsp3) is 0.600. The summed E-state index contributed by atoms with van der Waals surface area (Å²) < 4.78 is 5.83. The molecule has 2 rings (SSSR count). The number of ether oxygens (including phenoxy) is 1. The minimum absolute atomic E-state index is 0.0630. The first-order valence-electron chi connectivity index (χ1n) is 7.12. The van der Waals surface area contributed by atoms with Crippen molar-refractivity contribution in [2.24, 2.45) is 5.73 Å². The molecule has 1 saturated heterocycles. The standard InChI is InChI=1S/C15H24N2O2/c16-14(12-18)13-6-2-3-7-15(13)19-11-10-17-8-4-1-5-9-17/h2-3,6-7,14,18H,1,4-5,8-12,16H2/t14-/m1/s1. The Balaban J connectivity index is 1.84. The monoisotopic (exact) mass is 264 g/mol. The summed E-state index contributed by atoms with van der Waals surface area (Å²) in [5.41, 5.74) is 6.75. The average molecular weight is 264 g/mol. The molecular formula is C15H24N2O2. The molecule has 0 bridgehead atoms. The normalized spacial score (nSPS) is 18.2. The zero-order valence-corrected chi connectivity index (χ0v) is 11.4. The van der Waals surface area contributed by atoms with Gasteiger partial charge in [0.2, 0.25) is 0 Å². The Hall–Kier alpha value is -1.10. The maximum Gasteiger partial charge on any atom is 0.124 e. The Labute approximate surface area is 115 Å². The highest BCUT2D eigenvalue weighted by molar-refractivity contribution is 5.35. The van der Waals surface area contributed by atoms with Crippen molar-refractivity contribution in [1.29, 1.82) is 0 Å². The molecule has 0 amide bonds. The van der Waals surface area contributed by atoms with Gasteiger partial charge >= 0.3 is 0 Å². The third kappa shape index (κ3) is 4.20. The number of aliphatic hydroxyl groups is 1. The number of hydrogen-bond donors (Lipinski definition) is 2. The van der Waals surface area contributed by atoms with Crippen molar-refractivity contribution >= 4 is 0 Å². The summed E-state index contributed by atoms with van der Waals surface area (Å²) in [5, 5.41) is 9.15. The van der Waals surface area contributed by atoms with E-state index in [2.05, 4.69) is 4.90 Å². The van der Waals surface area contributed by atoms with Crippen molar-refractivity contribution in [2.45, 2.75) is 25.3 Å². The first-order chi connectivity index (χ1) is 9.31. The lowest BCUT2D eigenvalue weighted by Gasteiger charge is -2.26. The fourth-order valence-electron chi connectivity index (χ4n) is 2.48. The molecule has 0 radical (unpaired) electrons. The second-order valence-corrected chi connectivity index (χ2v) is 5.08. The molecule has 4 nitrogen and oxygen atoms in total. The summed E-state index contributed by atoms with van der Waals surface area (Å²) in [6, 6.07) is 7.32. The van der Waals surface area contributed by atoms with Gasteiger partial charge in [-0.3, -0.25) is 4.90 Å². The lowest BCUT2D eigenvalue weighted by molar-refractivity contribution is 0.181. The molecule has 1 fully saturated rings. The van der Waals surface area contributed by atoms with E-state index in [-0.39, 0.29) is 12.6 Å². The van der Waals surface area contributed by atoms with Crippen molar-refractivity contribution in [3.8, 4) is 5.75 Å². The molecule has 0 spiro atoms. The Morgan fingerprint density at radius 3 is 2.68 bits per heavy atom. The van der Waals surface area contributed by atoms with Gasteiger partial charge in [0, 0.05) is 12.1 Å². The van der Waals surface area contributed by atoms with Crippen LogP contribution in [0.4, 0.5) is 0 Å². The number of benzene rings is 1.